The largest absolute Gasteiger partial charge is 0.493 e. The summed E-state index contributed by atoms with van der Waals surface area (Å²) in [5.74, 6) is 1.34. The van der Waals surface area contributed by atoms with Crippen molar-refractivity contribution in [1.29, 1.82) is 0 Å². The fourth-order valence-electron chi connectivity index (χ4n) is 3.18. The van der Waals surface area contributed by atoms with Crippen LogP contribution in [-0.2, 0) is 6.54 Å². The van der Waals surface area contributed by atoms with Crippen LogP contribution in [0.15, 0.2) is 30.5 Å². The van der Waals surface area contributed by atoms with Crippen LogP contribution in [0.25, 0.3) is 0 Å². The summed E-state index contributed by atoms with van der Waals surface area (Å²) in [4.78, 5) is 12.4. The predicted octanol–water partition coefficient (Wildman–Crippen LogP) is 2.34. The Morgan fingerprint density at radius 1 is 1.22 bits per heavy atom. The van der Waals surface area contributed by atoms with Crippen molar-refractivity contribution in [2.75, 3.05) is 19.7 Å². The highest BCUT2D eigenvalue weighted by Gasteiger charge is 2.22. The molecule has 1 saturated heterocycles. The number of rotatable bonds is 7. The van der Waals surface area contributed by atoms with E-state index in [0.29, 0.717) is 24.2 Å². The third-order valence-corrected chi connectivity index (χ3v) is 5.01. The van der Waals surface area contributed by atoms with Gasteiger partial charge in [-0.3, -0.25) is 4.79 Å². The van der Waals surface area contributed by atoms with Gasteiger partial charge in [0, 0.05) is 12.1 Å². The second kappa shape index (κ2) is 9.19. The first-order valence-electron chi connectivity index (χ1n) is 9.41. The topological polar surface area (TPSA) is 81.1 Å². The van der Waals surface area contributed by atoms with Crippen LogP contribution in [-0.4, -0.2) is 40.6 Å². The number of piperidine rings is 1. The number of carbonyl (C=O) groups excluding carboxylic acids is 1. The summed E-state index contributed by atoms with van der Waals surface area (Å²) >= 11 is 0. The van der Waals surface area contributed by atoms with Gasteiger partial charge in [-0.05, 0) is 50.8 Å². The maximum Gasteiger partial charge on any atom is 0.273 e. The molecule has 1 aromatic heterocycles. The average molecular weight is 392 g/mol. The van der Waals surface area contributed by atoms with Gasteiger partial charge < -0.3 is 15.4 Å². The molecule has 2 fully saturated rings. The molecule has 1 aliphatic heterocycles. The number of nitrogens with one attached hydrogen (secondary N) is 2. The van der Waals surface area contributed by atoms with Gasteiger partial charge in [0.25, 0.3) is 5.91 Å². The zero-order valence-corrected chi connectivity index (χ0v) is 16.1. The Bertz CT molecular complexity index is 756. The Labute approximate surface area is 165 Å². The Morgan fingerprint density at radius 2 is 2.00 bits per heavy atom. The minimum Gasteiger partial charge on any atom is -0.493 e. The molecule has 0 radical (unpaired) electrons. The molecular formula is C19H26ClN5O2. The van der Waals surface area contributed by atoms with Gasteiger partial charge in [-0.25, -0.2) is 4.68 Å². The highest BCUT2D eigenvalue weighted by Crippen LogP contribution is 2.30. The zero-order valence-electron chi connectivity index (χ0n) is 15.3. The number of hydrogen-bond acceptors (Lipinski definition) is 5. The Morgan fingerprint density at radius 3 is 2.78 bits per heavy atom. The molecule has 1 aliphatic carbocycles. The van der Waals surface area contributed by atoms with Crippen LogP contribution < -0.4 is 15.4 Å². The smallest absolute Gasteiger partial charge is 0.273 e. The third-order valence-electron chi connectivity index (χ3n) is 5.01. The Balaban J connectivity index is 0.00000210. The molecule has 2 aromatic rings. The number of benzene rings is 1. The van der Waals surface area contributed by atoms with E-state index in [-0.39, 0.29) is 18.3 Å². The van der Waals surface area contributed by atoms with E-state index in [9.17, 15) is 4.79 Å². The summed E-state index contributed by atoms with van der Waals surface area (Å²) in [6.45, 7) is 3.13. The van der Waals surface area contributed by atoms with Crippen LogP contribution in [0, 0.1) is 5.92 Å². The van der Waals surface area contributed by atoms with Crippen LogP contribution in [0.3, 0.4) is 0 Å². The standard InChI is InChI=1S/C19H25N5O2.ClH/c25-19(17-12-24(23-22-17)16-7-9-20-10-8-16)21-11-15-3-1-2-4-18(15)26-13-14-5-6-14;/h1-4,12,14,16,20H,5-11,13H2,(H,21,25);1H. The first-order valence-corrected chi connectivity index (χ1v) is 9.41. The summed E-state index contributed by atoms with van der Waals surface area (Å²) < 4.78 is 7.72. The minimum absolute atomic E-state index is 0. The average Bonchev–Trinajstić information content (AvgIpc) is 3.39. The molecule has 27 heavy (non-hydrogen) atoms. The quantitative estimate of drug-likeness (QED) is 0.757. The molecule has 146 valence electrons. The first-order chi connectivity index (χ1) is 12.8. The van der Waals surface area contributed by atoms with Crippen LogP contribution in [0.1, 0.15) is 47.8 Å². The van der Waals surface area contributed by atoms with Gasteiger partial charge in [0.15, 0.2) is 5.69 Å². The van der Waals surface area contributed by atoms with Gasteiger partial charge in [0.05, 0.1) is 18.8 Å². The van der Waals surface area contributed by atoms with E-state index in [4.69, 9.17) is 4.74 Å². The molecule has 2 N–H and O–H groups in total. The summed E-state index contributed by atoms with van der Waals surface area (Å²) in [6.07, 6.45) is 6.28. The second-order valence-electron chi connectivity index (χ2n) is 7.11. The number of halogens is 1. The van der Waals surface area contributed by atoms with Gasteiger partial charge >= 0.3 is 0 Å². The predicted molar refractivity (Wildman–Crippen MR) is 104 cm³/mol. The van der Waals surface area contributed by atoms with E-state index in [2.05, 4.69) is 20.9 Å². The molecule has 0 unspecified atom stereocenters. The molecule has 1 saturated carbocycles. The van der Waals surface area contributed by atoms with E-state index in [0.717, 1.165) is 43.9 Å². The van der Waals surface area contributed by atoms with Gasteiger partial charge in [-0.15, -0.1) is 17.5 Å². The van der Waals surface area contributed by atoms with E-state index < -0.39 is 0 Å². The highest BCUT2D eigenvalue weighted by atomic mass is 35.5. The molecular weight excluding hydrogens is 366 g/mol. The zero-order chi connectivity index (χ0) is 17.8. The van der Waals surface area contributed by atoms with Gasteiger partial charge in [0.2, 0.25) is 0 Å². The molecule has 7 nitrogen and oxygen atoms in total. The number of amides is 1. The van der Waals surface area contributed by atoms with Gasteiger partial charge in [-0.1, -0.05) is 23.4 Å². The lowest BCUT2D eigenvalue weighted by atomic mass is 10.1. The van der Waals surface area contributed by atoms with Crippen molar-refractivity contribution in [1.82, 2.24) is 25.6 Å². The molecule has 2 heterocycles. The maximum atomic E-state index is 12.4. The number of ether oxygens (including phenoxy) is 1. The Kier molecular flexibility index (Phi) is 6.68. The van der Waals surface area contributed by atoms with Crippen molar-refractivity contribution < 1.29 is 9.53 Å². The van der Waals surface area contributed by atoms with E-state index >= 15 is 0 Å². The maximum absolute atomic E-state index is 12.4. The normalized spacial score (nSPS) is 17.2. The first kappa shape index (κ1) is 19.6. The number of hydrogen-bond donors (Lipinski definition) is 2. The monoisotopic (exact) mass is 391 g/mol. The van der Waals surface area contributed by atoms with E-state index in [1.807, 2.05) is 28.9 Å². The van der Waals surface area contributed by atoms with Crippen LogP contribution in [0.5, 0.6) is 5.75 Å². The van der Waals surface area contributed by atoms with Crippen molar-refractivity contribution in [3.05, 3.63) is 41.7 Å². The van der Waals surface area contributed by atoms with Crippen molar-refractivity contribution in [3.63, 3.8) is 0 Å². The molecule has 4 rings (SSSR count). The van der Waals surface area contributed by atoms with Crippen molar-refractivity contribution in [2.45, 2.75) is 38.3 Å². The number of para-hydroxylation sites is 1. The SMILES string of the molecule is Cl.O=C(NCc1ccccc1OCC1CC1)c1cn(C2CCNCC2)nn1. The molecule has 0 bridgehead atoms. The number of aromatic nitrogens is 3. The Hall–Kier alpha value is -2.12. The van der Waals surface area contributed by atoms with Crippen molar-refractivity contribution >= 4 is 18.3 Å². The lowest BCUT2D eigenvalue weighted by Crippen LogP contribution is -2.29. The molecule has 8 heteroatoms. The lowest BCUT2D eigenvalue weighted by molar-refractivity contribution is 0.0945. The summed E-state index contributed by atoms with van der Waals surface area (Å²) in [7, 11) is 0. The molecule has 0 atom stereocenters. The summed E-state index contributed by atoms with van der Waals surface area (Å²) in [6, 6.07) is 8.17. The van der Waals surface area contributed by atoms with Crippen LogP contribution in [0.2, 0.25) is 0 Å². The van der Waals surface area contributed by atoms with E-state index in [1.54, 1.807) is 6.20 Å². The van der Waals surface area contributed by atoms with Gasteiger partial charge in [0.1, 0.15) is 5.75 Å². The minimum atomic E-state index is -0.206. The third kappa shape index (κ3) is 5.20. The summed E-state index contributed by atoms with van der Waals surface area (Å²) in [5, 5.41) is 14.4. The number of carbonyl (C=O) groups is 1. The fraction of sp³-hybridized carbons (Fsp3) is 0.526. The van der Waals surface area contributed by atoms with Crippen molar-refractivity contribution in [2.24, 2.45) is 5.92 Å². The van der Waals surface area contributed by atoms with Crippen LogP contribution >= 0.6 is 12.4 Å². The molecule has 0 spiro atoms. The lowest BCUT2D eigenvalue weighted by Gasteiger charge is -2.22. The molecule has 2 aliphatic rings. The molecule has 1 aromatic carbocycles. The van der Waals surface area contributed by atoms with Crippen LogP contribution in [0.4, 0.5) is 0 Å². The summed E-state index contributed by atoms with van der Waals surface area (Å²) in [5.41, 5.74) is 1.34. The van der Waals surface area contributed by atoms with E-state index in [1.165, 1.54) is 12.8 Å². The van der Waals surface area contributed by atoms with Crippen molar-refractivity contribution in [3.8, 4) is 5.75 Å². The molecule has 1 amide bonds. The second-order valence-corrected chi connectivity index (χ2v) is 7.11. The fourth-order valence-corrected chi connectivity index (χ4v) is 3.18. The highest BCUT2D eigenvalue weighted by molar-refractivity contribution is 5.91. The van der Waals surface area contributed by atoms with Gasteiger partial charge in [-0.2, -0.15) is 0 Å². The number of nitrogens with zero attached hydrogens (tertiary/aromatic N) is 3.